The van der Waals surface area contributed by atoms with Gasteiger partial charge >= 0.3 is 25.7 Å². The molecule has 10 fully saturated rings. The first-order valence-electron chi connectivity index (χ1n) is 44.3. The van der Waals surface area contributed by atoms with Crippen LogP contribution in [0.15, 0.2) is 11.8 Å². The highest BCUT2D eigenvalue weighted by molar-refractivity contribution is 7.46. The fraction of sp³-hybridized carbons (Fsp3) is 0.933. The van der Waals surface area contributed by atoms with Crippen molar-refractivity contribution in [3.05, 3.63) is 11.8 Å². The average molecular weight is 2140 g/mol. The van der Waals surface area contributed by atoms with Crippen molar-refractivity contribution in [2.24, 2.45) is 11.5 Å². The van der Waals surface area contributed by atoms with Gasteiger partial charge in [0.2, 0.25) is 12.0 Å². The lowest BCUT2D eigenvalue weighted by Gasteiger charge is -2.53. The average Bonchev–Trinajstić information content (AvgIpc) is 0.736. The summed E-state index contributed by atoms with van der Waals surface area (Å²) >= 11 is 0. The molecule has 0 spiro atoms. The van der Waals surface area contributed by atoms with Gasteiger partial charge in [0.25, 0.3) is 11.6 Å². The lowest BCUT2D eigenvalue weighted by atomic mass is 9.89. The van der Waals surface area contributed by atoms with Crippen LogP contribution < -0.4 is 11.5 Å². The van der Waals surface area contributed by atoms with Crippen LogP contribution in [-0.2, 0) is 123 Å². The molecule has 11 aliphatic rings. The van der Waals surface area contributed by atoms with Crippen LogP contribution in [0.25, 0.3) is 0 Å². The maximum atomic E-state index is 14.4. The Kier molecular flexibility index (Phi) is 41.9. The van der Waals surface area contributed by atoms with Crippen LogP contribution in [0, 0.1) is 0 Å². The van der Waals surface area contributed by atoms with E-state index in [0.29, 0.717) is 6.08 Å². The Labute approximate surface area is 807 Å². The van der Waals surface area contributed by atoms with E-state index in [0.717, 1.165) is 0 Å². The first-order chi connectivity index (χ1) is 67.5. The molecule has 0 radical (unpaired) electrons. The highest BCUT2D eigenvalue weighted by Crippen LogP contribution is 2.48. The normalized spacial score (nSPS) is 47.9. The number of hydrogen-bond acceptors (Lipinski definition) is 63. The van der Waals surface area contributed by atoms with Crippen molar-refractivity contribution >= 4 is 25.7 Å². The van der Waals surface area contributed by atoms with Crippen LogP contribution in [-0.4, -0.2) is 643 Å². The van der Waals surface area contributed by atoms with Crippen molar-refractivity contribution in [1.82, 2.24) is 0 Å². The Balaban J connectivity index is 1.03. The number of carboxylic acids is 3. The van der Waals surface area contributed by atoms with Crippen LogP contribution in [0.4, 0.5) is 0 Å². The van der Waals surface area contributed by atoms with Crippen LogP contribution in [0.3, 0.4) is 0 Å². The highest BCUT2D eigenvalue weighted by Gasteiger charge is 2.67. The predicted octanol–water partition coefficient (Wildman–Crippen LogP) is -27.2. The third-order valence-corrected chi connectivity index (χ3v) is 26.3. The zero-order valence-electron chi connectivity index (χ0n) is 74.5. The highest BCUT2D eigenvalue weighted by atomic mass is 31.2. The molecule has 69 heteroatoms. The summed E-state index contributed by atoms with van der Waals surface area (Å²) in [6.45, 7) is -14.3. The molecule has 0 saturated carbocycles. The molecule has 0 aromatic carbocycles. The number of phosphoric ester groups is 1. The predicted molar refractivity (Wildman–Crippen MR) is 428 cm³/mol. The molecule has 58 atom stereocenters. The Morgan fingerprint density at radius 3 is 1.33 bits per heavy atom. The molecule has 68 nitrogen and oxygen atoms in total. The van der Waals surface area contributed by atoms with Crippen LogP contribution >= 0.6 is 7.82 Å². The van der Waals surface area contributed by atoms with E-state index in [9.17, 15) is 223 Å². The fourth-order valence-electron chi connectivity index (χ4n) is 17.7. The standard InChI is InChI=1S/C75H125N2O66P/c76-28-33(97)32(96)26(125-63(28)114)12-123-64-29(77)34(98)56(143-144(119,120)121)27(128-64)13-124-74(72(115)116)3-24(140-75(73(117)118)2-15(86)30(94)52(141-75)19(90)7-81)57(54(142-74)21(92)9-83)135-69-47(111)59(61(53(133-69)20(91)8-82)139-66-43(107)35(99)31(95)25(10-84)127-66)137-68-46(110)58(45(109)51(131-68)22(93)11-122-65-42(106)36(100)38(102)48(129-65)16(87)4-78)136-70-55(14(85)1-23(126-70)62(112)113)134-71-60(41(105)40(104)50(132-71)18(89)6-80)138-67-44(108)37(101)39(103)49(130-67)17(88)5-79/h1,14-22,24-61,63-71,78-111,114H,2-13,76-77H2,(H,112,113)(H,115,116)(H,117,118)(H2,119,120,121)/t14-,15+,16-,17-,18+,19+,20-,21+,22-,24+,25+,26+,27+,28+,29+,30+,31+,32+,33+,34+,35-,36-,37-,38-,39-,40-,41-,42-,43+,44-,45+,46-,47-,48+,49+,50+,51+,52+,53+,54+,55+,56+,57+,58-,59+,60-,61+,63-,64+,65-,66-,67+,68+,69+,70-,71+,74+,75+/m0/s1. The van der Waals surface area contributed by atoms with Crippen molar-refractivity contribution in [2.75, 3.05) is 66.1 Å². The molecule has 11 heterocycles. The third-order valence-electron chi connectivity index (χ3n) is 25.8. The second-order valence-electron chi connectivity index (χ2n) is 35.6. The van der Waals surface area contributed by atoms with Gasteiger partial charge in [-0.2, -0.15) is 0 Å². The molecule has 10 saturated heterocycles. The molecule has 0 aromatic rings. The van der Waals surface area contributed by atoms with Gasteiger partial charge in [0.05, 0.1) is 90.4 Å². The summed E-state index contributed by atoms with van der Waals surface area (Å²) in [5.41, 5.74) is 11.9. The molecule has 836 valence electrons. The summed E-state index contributed by atoms with van der Waals surface area (Å²) in [7, 11) is -5.97. The van der Waals surface area contributed by atoms with Crippen molar-refractivity contribution in [2.45, 2.75) is 368 Å². The first-order valence-corrected chi connectivity index (χ1v) is 45.8. The fourth-order valence-corrected chi connectivity index (χ4v) is 18.3. The second kappa shape index (κ2) is 50.3. The molecular weight excluding hydrogens is 2020 g/mol. The minimum atomic E-state index is -5.97. The van der Waals surface area contributed by atoms with E-state index in [2.05, 4.69) is 0 Å². The van der Waals surface area contributed by atoms with E-state index in [1.807, 2.05) is 0 Å². The van der Waals surface area contributed by atoms with Gasteiger partial charge < -0.3 is 315 Å². The van der Waals surface area contributed by atoms with Gasteiger partial charge in [-0.3, -0.25) is 4.52 Å². The number of phosphoric acid groups is 1. The summed E-state index contributed by atoms with van der Waals surface area (Å²) in [5, 5.41) is 425. The zero-order valence-corrected chi connectivity index (χ0v) is 75.4. The van der Waals surface area contributed by atoms with Gasteiger partial charge in [0, 0.05) is 12.8 Å². The van der Waals surface area contributed by atoms with E-state index in [1.54, 1.807) is 0 Å². The van der Waals surface area contributed by atoms with Gasteiger partial charge in [0.1, 0.15) is 256 Å². The van der Waals surface area contributed by atoms with Crippen LogP contribution in [0.1, 0.15) is 12.8 Å². The molecule has 0 amide bonds. The Morgan fingerprint density at radius 1 is 0.361 bits per heavy atom. The number of rotatable bonds is 42. The molecular formula is C75H125N2O66P. The molecule has 44 N–H and O–H groups in total. The summed E-state index contributed by atoms with van der Waals surface area (Å²) < 4.78 is 140. The zero-order chi connectivity index (χ0) is 107. The number of ether oxygens (including phenoxy) is 21. The largest absolute Gasteiger partial charge is 0.477 e. The Morgan fingerprint density at radius 2 is 0.792 bits per heavy atom. The van der Waals surface area contributed by atoms with Crippen molar-refractivity contribution in [3.8, 4) is 0 Å². The van der Waals surface area contributed by atoms with E-state index in [-0.39, 0.29) is 0 Å². The molecule has 144 heavy (non-hydrogen) atoms. The second-order valence-corrected chi connectivity index (χ2v) is 36.8. The molecule has 0 bridgehead atoms. The van der Waals surface area contributed by atoms with Crippen molar-refractivity contribution in [1.29, 1.82) is 0 Å². The monoisotopic (exact) mass is 2140 g/mol. The van der Waals surface area contributed by atoms with Gasteiger partial charge in [-0.15, -0.1) is 0 Å². The first kappa shape index (κ1) is 120. The lowest BCUT2D eigenvalue weighted by Crippen LogP contribution is -2.71. The van der Waals surface area contributed by atoms with Crippen molar-refractivity contribution < 1.29 is 327 Å². The minimum absolute atomic E-state index is 0.314. The molecule has 0 aliphatic carbocycles. The van der Waals surface area contributed by atoms with Gasteiger partial charge in [-0.1, -0.05) is 0 Å². The summed E-state index contributed by atoms with van der Waals surface area (Å²) in [6, 6.07) is -3.69. The number of nitrogens with two attached hydrogens (primary N) is 2. The number of carboxylic acid groups (broad SMARTS) is 3. The lowest BCUT2D eigenvalue weighted by molar-refractivity contribution is -0.418. The summed E-state index contributed by atoms with van der Waals surface area (Å²) in [4.78, 5) is 61.8. The number of aliphatic hydroxyl groups excluding tert-OH is 35. The molecule has 11 aliphatic heterocycles. The Bertz CT molecular complexity index is 4120. The number of hydrogen-bond donors (Lipinski definition) is 42. The minimum Gasteiger partial charge on any atom is -0.477 e. The summed E-state index contributed by atoms with van der Waals surface area (Å²) in [5.74, 6) is -16.2. The van der Waals surface area contributed by atoms with Gasteiger partial charge in [0.15, 0.2) is 56.4 Å². The summed E-state index contributed by atoms with van der Waals surface area (Å²) in [6.07, 6.45) is -141. The molecule has 11 rings (SSSR count). The number of carbonyl (C=O) groups is 3. The van der Waals surface area contributed by atoms with Crippen molar-refractivity contribution in [3.63, 3.8) is 0 Å². The van der Waals surface area contributed by atoms with Crippen LogP contribution in [0.5, 0.6) is 0 Å². The maximum Gasteiger partial charge on any atom is 0.470 e. The van der Waals surface area contributed by atoms with E-state index >= 15 is 0 Å². The Hall–Kier alpha value is -4.22. The smallest absolute Gasteiger partial charge is 0.470 e. The van der Waals surface area contributed by atoms with E-state index < -0.39 is 465 Å². The topological polar surface area (TPSA) is 1130 Å². The number of aliphatic hydroxyl groups is 35. The molecule has 0 unspecified atom stereocenters. The van der Waals surface area contributed by atoms with Gasteiger partial charge in [-0.05, 0) is 6.08 Å². The third kappa shape index (κ3) is 25.9. The quantitative estimate of drug-likeness (QED) is 0.0252. The van der Waals surface area contributed by atoms with E-state index in [1.165, 1.54) is 0 Å². The SMILES string of the molecule is N[C@@H]1[C@@H](O)[C@H](O)[C@@H](CO[C@@H]2O[C@H](CO[C@]3(C(=O)O)C[C@@H](O[C@]4(C(=O)O)C[C@@H](O)[C@@H](O)[C@@H]([C@H](O)CO)O4)[C@@H](O[C@H]4O[C@H]([C@@H](O)CO)[C@@H](O[C@@H]5O[C@H](CO)[C@@H](O)[C@H](O)[C@H]5O)[C@H](O[C@H]5O[C@H]([C@@H](O)CO[C@H]6O[C@H]([C@@H](O)CO)[C@@H](O)[C@H](O)[C@@H]6O)[C@@H](O)[C@H](O[C@@H]6OC(C(=O)O)=C[C@H](O)[C@H]6O[C@H]6O[C@H]([C@H](O)CO)[C@@H](O)[C@H](O)[C@@H]6O[C@H]6O[C@H]([C@@H](O)CO)[C@@H](O)[C@H](O)[C@@H]6O)[C@@H]5O)[C@@H]4O)[C@@H]([C@H](O)CO)O3)[C@@H](OP(=O)(O)O)[C@H](O)[C@H]2N)O[C@@H]1O. The number of aliphatic carboxylic acids is 3. The van der Waals surface area contributed by atoms with Gasteiger partial charge in [-0.25, -0.2) is 18.9 Å². The molecule has 0 aromatic heterocycles. The van der Waals surface area contributed by atoms with Crippen LogP contribution in [0.2, 0.25) is 0 Å². The maximum absolute atomic E-state index is 14.4. The van der Waals surface area contributed by atoms with E-state index in [4.69, 9.17) is 115 Å².